The summed E-state index contributed by atoms with van der Waals surface area (Å²) in [7, 11) is 2.45. The molecule has 0 saturated carbocycles. The second-order valence-corrected chi connectivity index (χ2v) is 19.0. The Hall–Kier alpha value is -6.00. The molecule has 1 aliphatic carbocycles. The smallest absolute Gasteiger partial charge is 0.197 e. The van der Waals surface area contributed by atoms with E-state index in [2.05, 4.69) is 194 Å². The van der Waals surface area contributed by atoms with Gasteiger partial charge in [-0.15, -0.1) is 0 Å². The molecule has 0 atom stereocenters. The minimum Gasteiger partial charge on any atom is -0.456 e. The number of anilines is 2. The normalized spacial score (nSPS) is 14.2. The summed E-state index contributed by atoms with van der Waals surface area (Å²) in [5.41, 5.74) is 20.5. The number of aromatic nitrogens is 1. The molecule has 4 heteroatoms. The van der Waals surface area contributed by atoms with E-state index in [1.165, 1.54) is 82.9 Å². The number of rotatable bonds is 3. The zero-order valence-electron chi connectivity index (χ0n) is 34.1. The van der Waals surface area contributed by atoms with Gasteiger partial charge in [-0.2, -0.15) is 0 Å². The second kappa shape index (κ2) is 11.5. The highest BCUT2D eigenvalue weighted by atomic mass is 16.3. The maximum absolute atomic E-state index is 6.48. The zero-order valence-corrected chi connectivity index (χ0v) is 34.1. The van der Waals surface area contributed by atoms with Crippen LogP contribution in [0.1, 0.15) is 77.6 Å². The summed E-state index contributed by atoms with van der Waals surface area (Å²) in [4.78, 5) is 0. The van der Waals surface area contributed by atoms with E-state index in [9.17, 15) is 0 Å². The number of fused-ring (bicyclic) bond motifs is 11. The van der Waals surface area contributed by atoms with Crippen LogP contribution in [-0.2, 0) is 16.2 Å². The van der Waals surface area contributed by atoms with Crippen LogP contribution >= 0.6 is 0 Å². The minimum atomic E-state index is -0.140. The van der Waals surface area contributed by atoms with Crippen molar-refractivity contribution >= 4 is 73.3 Å². The van der Waals surface area contributed by atoms with Gasteiger partial charge < -0.3 is 14.3 Å². The van der Waals surface area contributed by atoms with Crippen LogP contribution in [0, 0.1) is 0 Å². The van der Waals surface area contributed by atoms with Gasteiger partial charge in [0.1, 0.15) is 11.2 Å². The lowest BCUT2D eigenvalue weighted by Crippen LogP contribution is -2.38. The topological polar surface area (TPSA) is 30.1 Å². The van der Waals surface area contributed by atoms with Crippen molar-refractivity contribution < 1.29 is 4.42 Å². The van der Waals surface area contributed by atoms with Crippen molar-refractivity contribution in [3.05, 3.63) is 150 Å². The average molecular weight is 738 g/mol. The fraction of sp³-hybridized carbons (Fsp3) is 0.208. The van der Waals surface area contributed by atoms with Crippen LogP contribution in [0.5, 0.6) is 0 Å². The molecule has 0 amide bonds. The van der Waals surface area contributed by atoms with E-state index in [-0.39, 0.29) is 16.2 Å². The summed E-state index contributed by atoms with van der Waals surface area (Å²) in [5, 5.41) is 8.67. The molecule has 0 fully saturated rings. The monoisotopic (exact) mass is 737 g/mol. The van der Waals surface area contributed by atoms with Crippen LogP contribution in [0.4, 0.5) is 11.4 Å². The summed E-state index contributed by atoms with van der Waals surface area (Å²) < 4.78 is 9.00. The molecule has 0 saturated heterocycles. The van der Waals surface area contributed by atoms with Gasteiger partial charge in [-0.25, -0.2) is 0 Å². The van der Waals surface area contributed by atoms with Gasteiger partial charge in [0.05, 0.1) is 5.52 Å². The van der Waals surface area contributed by atoms with Gasteiger partial charge >= 0.3 is 0 Å². The van der Waals surface area contributed by atoms with Crippen LogP contribution < -0.4 is 16.2 Å². The maximum Gasteiger partial charge on any atom is 0.197 e. The third-order valence-electron chi connectivity index (χ3n) is 12.9. The highest BCUT2D eigenvalue weighted by Crippen LogP contribution is 2.52. The summed E-state index contributed by atoms with van der Waals surface area (Å²) >= 11 is 0. The molecular weight excluding hydrogens is 691 g/mol. The Kier molecular flexibility index (Phi) is 6.94. The lowest BCUT2D eigenvalue weighted by molar-refractivity contribution is 0.590. The number of nitrogens with one attached hydrogen (secondary N) is 1. The molecule has 0 unspecified atom stereocenters. The Labute approximate surface area is 335 Å². The first-order chi connectivity index (χ1) is 27.3. The summed E-state index contributed by atoms with van der Waals surface area (Å²) in [6.45, 7) is 18.5. The molecule has 1 aliphatic heterocycles. The van der Waals surface area contributed by atoms with Gasteiger partial charge in [0.25, 0.3) is 0 Å². The van der Waals surface area contributed by atoms with E-state index >= 15 is 0 Å². The SMILES string of the molecule is CC(C)(C)c1ccc(Nc2cc3c(cc2-c2ccc4c5cc6oc7ccccc7c6cc5n5c4c2[B]c2cc(C(C)(C)C)ccc2-5)C(C)(C)c2ccccc2-3)cc1. The second-order valence-electron chi connectivity index (χ2n) is 19.0. The van der Waals surface area contributed by atoms with E-state index in [1.54, 1.807) is 0 Å². The van der Waals surface area contributed by atoms with E-state index in [0.717, 1.165) is 33.3 Å². The lowest BCUT2D eigenvalue weighted by Gasteiger charge is -2.27. The molecule has 0 bridgehead atoms. The summed E-state index contributed by atoms with van der Waals surface area (Å²) in [6, 6.07) is 47.6. The predicted octanol–water partition coefficient (Wildman–Crippen LogP) is 13.0. The van der Waals surface area contributed by atoms with Gasteiger partial charge in [0.2, 0.25) is 0 Å². The molecule has 2 aliphatic rings. The number of hydrogen-bond acceptors (Lipinski definition) is 2. The standard InChI is InChI=1S/C53H46BN2O/c1-51(2,3)30-17-20-32(21-18-30)55-44-27-37-33-13-9-11-15-41(33)53(7,8)42(37)26-38(44)35-22-23-36-39-29-48-40(34-14-10-12-16-47(34)57-48)28-46(39)56-45-24-19-31(52(4,5)6)25-43(45)54-49(35)50(36)56/h9-29,55H,1-8H3. The highest BCUT2D eigenvalue weighted by Gasteiger charge is 2.37. The number of benzene rings is 7. The van der Waals surface area contributed by atoms with Crippen LogP contribution in [0.15, 0.2) is 132 Å². The zero-order chi connectivity index (χ0) is 39.2. The van der Waals surface area contributed by atoms with Crippen LogP contribution in [0.25, 0.3) is 71.7 Å². The molecule has 7 aromatic carbocycles. The van der Waals surface area contributed by atoms with E-state index < -0.39 is 0 Å². The van der Waals surface area contributed by atoms with Gasteiger partial charge in [-0.05, 0) is 104 Å². The lowest BCUT2D eigenvalue weighted by atomic mass is 9.58. The quantitative estimate of drug-likeness (QED) is 0.183. The minimum absolute atomic E-state index is 0.0127. The van der Waals surface area contributed by atoms with Gasteiger partial charge in [0, 0.05) is 55.1 Å². The van der Waals surface area contributed by atoms with E-state index in [1.807, 2.05) is 6.07 Å². The van der Waals surface area contributed by atoms with Crippen molar-refractivity contribution in [2.75, 3.05) is 5.32 Å². The fourth-order valence-corrected chi connectivity index (χ4v) is 9.76. The molecule has 57 heavy (non-hydrogen) atoms. The van der Waals surface area contributed by atoms with Crippen molar-refractivity contribution in [2.45, 2.75) is 71.6 Å². The molecule has 9 aromatic rings. The fourth-order valence-electron chi connectivity index (χ4n) is 9.76. The van der Waals surface area contributed by atoms with E-state index in [0.29, 0.717) is 0 Å². The number of furan rings is 1. The van der Waals surface area contributed by atoms with Gasteiger partial charge in [-0.1, -0.05) is 140 Å². The first kappa shape index (κ1) is 34.3. The molecule has 2 aromatic heterocycles. The van der Waals surface area contributed by atoms with Crippen molar-refractivity contribution in [1.29, 1.82) is 0 Å². The Morgan fingerprint density at radius 1 is 0.561 bits per heavy atom. The first-order valence-corrected chi connectivity index (χ1v) is 20.3. The van der Waals surface area contributed by atoms with Crippen LogP contribution in [0.3, 0.4) is 0 Å². The van der Waals surface area contributed by atoms with Crippen molar-refractivity contribution in [2.24, 2.45) is 0 Å². The average Bonchev–Trinajstić information content (AvgIpc) is 3.79. The number of para-hydroxylation sites is 1. The Morgan fingerprint density at radius 3 is 2.09 bits per heavy atom. The molecule has 0 spiro atoms. The number of nitrogens with zero attached hydrogens (tertiary/aromatic N) is 1. The molecule has 277 valence electrons. The molecule has 11 rings (SSSR count). The summed E-state index contributed by atoms with van der Waals surface area (Å²) in [5.74, 6) is 0. The molecule has 1 N–H and O–H groups in total. The molecule has 1 radical (unpaired) electrons. The Balaban J connectivity index is 1.20. The van der Waals surface area contributed by atoms with Gasteiger partial charge in [-0.3, -0.25) is 0 Å². The highest BCUT2D eigenvalue weighted by molar-refractivity contribution is 6.73. The predicted molar refractivity (Wildman–Crippen MR) is 243 cm³/mol. The maximum atomic E-state index is 6.48. The summed E-state index contributed by atoms with van der Waals surface area (Å²) in [6.07, 6.45) is 0. The van der Waals surface area contributed by atoms with Crippen LogP contribution in [0.2, 0.25) is 0 Å². The molecule has 3 heterocycles. The van der Waals surface area contributed by atoms with Crippen molar-refractivity contribution in [3.8, 4) is 27.9 Å². The van der Waals surface area contributed by atoms with E-state index in [4.69, 9.17) is 4.42 Å². The third kappa shape index (κ3) is 4.99. The third-order valence-corrected chi connectivity index (χ3v) is 12.9. The van der Waals surface area contributed by atoms with Crippen molar-refractivity contribution in [1.82, 2.24) is 4.57 Å². The van der Waals surface area contributed by atoms with Crippen molar-refractivity contribution in [3.63, 3.8) is 0 Å². The first-order valence-electron chi connectivity index (χ1n) is 20.3. The van der Waals surface area contributed by atoms with Gasteiger partial charge in [0.15, 0.2) is 7.28 Å². The number of hydrogen-bond donors (Lipinski definition) is 1. The Morgan fingerprint density at radius 2 is 1.30 bits per heavy atom. The Bertz CT molecular complexity index is 3160. The molecular formula is C53H46BN2O. The molecule has 3 nitrogen and oxygen atoms in total. The largest absolute Gasteiger partial charge is 0.456 e. The van der Waals surface area contributed by atoms with Crippen LogP contribution in [-0.4, -0.2) is 11.8 Å².